The van der Waals surface area contributed by atoms with Gasteiger partial charge in [0, 0.05) is 29.7 Å². The number of aryl methyl sites for hydroxylation is 1. The summed E-state index contributed by atoms with van der Waals surface area (Å²) in [6.07, 6.45) is 1.44. The van der Waals surface area contributed by atoms with Crippen LogP contribution in [0.1, 0.15) is 32.3 Å². The molecule has 0 bridgehead atoms. The second-order valence-corrected chi connectivity index (χ2v) is 6.01. The van der Waals surface area contributed by atoms with Crippen molar-refractivity contribution < 1.29 is 18.7 Å². The first-order valence-electron chi connectivity index (χ1n) is 8.19. The number of carbonyl (C=O) groups is 2. The number of ketones is 1. The number of carbonyl (C=O) groups excluding carboxylic acids is 2. The predicted molar refractivity (Wildman–Crippen MR) is 97.8 cm³/mol. The fourth-order valence-corrected chi connectivity index (χ4v) is 2.60. The molecule has 0 aliphatic heterocycles. The summed E-state index contributed by atoms with van der Waals surface area (Å²) in [6.45, 7) is 3.83. The quantitative estimate of drug-likeness (QED) is 0.686. The van der Waals surface area contributed by atoms with Crippen molar-refractivity contribution in [3.05, 3.63) is 71.4 Å². The van der Waals surface area contributed by atoms with Gasteiger partial charge in [0.2, 0.25) is 5.78 Å². The van der Waals surface area contributed by atoms with Gasteiger partial charge in [-0.3, -0.25) is 9.59 Å². The van der Waals surface area contributed by atoms with Gasteiger partial charge in [-0.05, 0) is 56.3 Å². The molecule has 0 spiro atoms. The first kappa shape index (κ1) is 17.5. The van der Waals surface area contributed by atoms with E-state index in [2.05, 4.69) is 5.32 Å². The van der Waals surface area contributed by atoms with Crippen LogP contribution in [0.2, 0.25) is 0 Å². The van der Waals surface area contributed by atoms with E-state index in [1.165, 1.54) is 6.26 Å². The molecule has 0 saturated heterocycles. The van der Waals surface area contributed by atoms with Gasteiger partial charge >= 0.3 is 0 Å². The van der Waals surface area contributed by atoms with E-state index in [4.69, 9.17) is 9.15 Å². The number of nitrogens with one attached hydrogen (secondary N) is 1. The highest BCUT2D eigenvalue weighted by molar-refractivity contribution is 6.02. The number of nitrogens with zero attached hydrogens (tertiary/aromatic N) is 1. The molecule has 0 radical (unpaired) electrons. The van der Waals surface area contributed by atoms with Crippen molar-refractivity contribution in [1.29, 1.82) is 0 Å². The summed E-state index contributed by atoms with van der Waals surface area (Å²) < 4.78 is 12.6. The predicted octanol–water partition coefficient (Wildman–Crippen LogP) is 3.75. The number of aromatic nitrogens is 1. The van der Waals surface area contributed by atoms with Crippen molar-refractivity contribution in [3.8, 4) is 5.75 Å². The van der Waals surface area contributed by atoms with Crippen LogP contribution < -0.4 is 10.1 Å². The Hall–Kier alpha value is -3.28. The second kappa shape index (κ2) is 7.31. The lowest BCUT2D eigenvalue weighted by Gasteiger charge is -2.08. The minimum Gasteiger partial charge on any atom is -0.485 e. The third-order valence-corrected chi connectivity index (χ3v) is 4.30. The maximum Gasteiger partial charge on any atom is 0.291 e. The molecular formula is C20H20N2O4. The lowest BCUT2D eigenvalue weighted by molar-refractivity contribution is 0.0920. The number of furan rings is 1. The molecule has 134 valence electrons. The van der Waals surface area contributed by atoms with Gasteiger partial charge in [-0.2, -0.15) is 0 Å². The summed E-state index contributed by atoms with van der Waals surface area (Å²) in [5, 5.41) is 2.72. The molecule has 1 aromatic carbocycles. The van der Waals surface area contributed by atoms with E-state index < -0.39 is 0 Å². The maximum absolute atomic E-state index is 12.3. The van der Waals surface area contributed by atoms with Crippen molar-refractivity contribution in [2.24, 2.45) is 7.05 Å². The molecule has 0 fully saturated rings. The third kappa shape index (κ3) is 3.69. The smallest absolute Gasteiger partial charge is 0.291 e. The monoisotopic (exact) mass is 352 g/mol. The zero-order valence-electron chi connectivity index (χ0n) is 14.9. The van der Waals surface area contributed by atoms with Crippen molar-refractivity contribution in [2.45, 2.75) is 13.8 Å². The highest BCUT2D eigenvalue weighted by Crippen LogP contribution is 2.18. The van der Waals surface area contributed by atoms with Gasteiger partial charge in [0.1, 0.15) is 5.75 Å². The Bertz CT molecular complexity index is 922. The van der Waals surface area contributed by atoms with Crippen molar-refractivity contribution in [1.82, 2.24) is 4.57 Å². The number of Topliss-reactive ketones (excluding diaryl/α,β-unsaturated/α-hetero) is 1. The van der Waals surface area contributed by atoms with E-state index in [1.54, 1.807) is 36.4 Å². The summed E-state index contributed by atoms with van der Waals surface area (Å²) in [6, 6.07) is 11.9. The number of hydrogen-bond donors (Lipinski definition) is 1. The number of anilines is 1. The van der Waals surface area contributed by atoms with Crippen LogP contribution in [0.5, 0.6) is 5.75 Å². The molecule has 0 aliphatic rings. The van der Waals surface area contributed by atoms with Gasteiger partial charge < -0.3 is 19.0 Å². The minimum absolute atomic E-state index is 0.0393. The van der Waals surface area contributed by atoms with E-state index in [-0.39, 0.29) is 24.1 Å². The topological polar surface area (TPSA) is 73.5 Å². The molecule has 3 rings (SSSR count). The summed E-state index contributed by atoms with van der Waals surface area (Å²) in [7, 11) is 1.93. The van der Waals surface area contributed by atoms with Crippen molar-refractivity contribution in [3.63, 3.8) is 0 Å². The fraction of sp³-hybridized carbons (Fsp3) is 0.200. The lowest BCUT2D eigenvalue weighted by atomic mass is 10.1. The standard InChI is InChI=1S/C20H20N2O4/c1-13-11-17(14(2)22(13)3)18(23)12-26-16-8-6-15(7-9-16)21-20(24)19-5-4-10-25-19/h4-11H,12H2,1-3H3,(H,21,24). The van der Waals surface area contributed by atoms with Crippen LogP contribution in [-0.2, 0) is 7.05 Å². The van der Waals surface area contributed by atoms with Crippen LogP contribution in [-0.4, -0.2) is 22.9 Å². The van der Waals surface area contributed by atoms with Gasteiger partial charge in [0.15, 0.2) is 12.4 Å². The summed E-state index contributed by atoms with van der Waals surface area (Å²) in [4.78, 5) is 24.3. The molecule has 1 amide bonds. The number of benzene rings is 1. The first-order valence-corrected chi connectivity index (χ1v) is 8.19. The van der Waals surface area contributed by atoms with Crippen LogP contribution in [0.25, 0.3) is 0 Å². The van der Waals surface area contributed by atoms with E-state index in [0.717, 1.165) is 11.4 Å². The Labute approximate surface area is 151 Å². The molecule has 0 unspecified atom stereocenters. The van der Waals surface area contributed by atoms with Crippen molar-refractivity contribution in [2.75, 3.05) is 11.9 Å². The lowest BCUT2D eigenvalue weighted by Crippen LogP contribution is -2.13. The van der Waals surface area contributed by atoms with E-state index in [1.807, 2.05) is 31.5 Å². The van der Waals surface area contributed by atoms with Gasteiger partial charge in [-0.15, -0.1) is 0 Å². The number of amides is 1. The maximum atomic E-state index is 12.3. The normalized spacial score (nSPS) is 10.6. The minimum atomic E-state index is -0.325. The molecular weight excluding hydrogens is 332 g/mol. The molecule has 26 heavy (non-hydrogen) atoms. The second-order valence-electron chi connectivity index (χ2n) is 6.01. The molecule has 0 saturated carbocycles. The molecule has 0 aliphatic carbocycles. The SMILES string of the molecule is Cc1cc(C(=O)COc2ccc(NC(=O)c3ccco3)cc2)c(C)n1C. The summed E-state index contributed by atoms with van der Waals surface area (Å²) in [5.74, 6) is 0.402. The Balaban J connectivity index is 1.58. The number of ether oxygens (including phenoxy) is 1. The first-order chi connectivity index (χ1) is 12.5. The highest BCUT2D eigenvalue weighted by atomic mass is 16.5. The number of hydrogen-bond acceptors (Lipinski definition) is 4. The van der Waals surface area contributed by atoms with Crippen LogP contribution >= 0.6 is 0 Å². The zero-order chi connectivity index (χ0) is 18.7. The zero-order valence-corrected chi connectivity index (χ0v) is 14.9. The number of rotatable bonds is 6. The molecule has 6 heteroatoms. The van der Waals surface area contributed by atoms with E-state index >= 15 is 0 Å². The molecule has 2 heterocycles. The summed E-state index contributed by atoms with van der Waals surface area (Å²) >= 11 is 0. The fourth-order valence-electron chi connectivity index (χ4n) is 2.60. The van der Waals surface area contributed by atoms with Gasteiger partial charge in [0.05, 0.1) is 6.26 Å². The molecule has 6 nitrogen and oxygen atoms in total. The Morgan fingerprint density at radius 1 is 1.15 bits per heavy atom. The van der Waals surface area contributed by atoms with Crippen LogP contribution in [0.4, 0.5) is 5.69 Å². The van der Waals surface area contributed by atoms with Gasteiger partial charge in [-0.1, -0.05) is 0 Å². The van der Waals surface area contributed by atoms with Crippen molar-refractivity contribution >= 4 is 17.4 Å². The third-order valence-electron chi connectivity index (χ3n) is 4.30. The largest absolute Gasteiger partial charge is 0.485 e. The molecule has 3 aromatic rings. The van der Waals surface area contributed by atoms with Crippen LogP contribution in [0, 0.1) is 13.8 Å². The van der Waals surface area contributed by atoms with E-state index in [9.17, 15) is 9.59 Å². The molecule has 2 aromatic heterocycles. The molecule has 1 N–H and O–H groups in total. The Kier molecular flexibility index (Phi) is 4.93. The highest BCUT2D eigenvalue weighted by Gasteiger charge is 2.14. The molecule has 0 atom stereocenters. The average Bonchev–Trinajstić information content (AvgIpc) is 3.26. The Morgan fingerprint density at radius 2 is 1.88 bits per heavy atom. The summed E-state index contributed by atoms with van der Waals surface area (Å²) in [5.41, 5.74) is 3.24. The average molecular weight is 352 g/mol. The van der Waals surface area contributed by atoms with E-state index in [0.29, 0.717) is 17.0 Å². The van der Waals surface area contributed by atoms with Crippen LogP contribution in [0.3, 0.4) is 0 Å². The van der Waals surface area contributed by atoms with Gasteiger partial charge in [-0.25, -0.2) is 0 Å². The van der Waals surface area contributed by atoms with Gasteiger partial charge in [0.25, 0.3) is 5.91 Å². The Morgan fingerprint density at radius 3 is 2.46 bits per heavy atom. The van der Waals surface area contributed by atoms with Crippen LogP contribution in [0.15, 0.2) is 53.1 Å².